The maximum atomic E-state index is 8.50. The Morgan fingerprint density at radius 3 is 2.22 bits per heavy atom. The van der Waals surface area contributed by atoms with Gasteiger partial charge in [0.05, 0.1) is 6.07 Å². The van der Waals surface area contributed by atoms with Gasteiger partial charge in [0.15, 0.2) is 0 Å². The van der Waals surface area contributed by atoms with E-state index in [2.05, 4.69) is 31.7 Å². The van der Waals surface area contributed by atoms with E-state index < -0.39 is 0 Å². The Balaban J connectivity index is 2.44. The predicted octanol–water partition coefficient (Wildman–Crippen LogP) is 0.991. The van der Waals surface area contributed by atoms with Crippen LogP contribution in [0.3, 0.4) is 0 Å². The lowest BCUT2D eigenvalue weighted by molar-refractivity contribution is 0.417. The van der Waals surface area contributed by atoms with Crippen LogP contribution in [0.25, 0.3) is 0 Å². The Morgan fingerprint density at radius 2 is 2.11 bits per heavy atom. The van der Waals surface area contributed by atoms with Crippen molar-refractivity contribution < 1.29 is 0 Å². The van der Waals surface area contributed by atoms with Gasteiger partial charge in [-0.05, 0) is 20.8 Å². The first kappa shape index (κ1) is 6.57. The van der Waals surface area contributed by atoms with Crippen LogP contribution in [0.2, 0.25) is 0 Å². The quantitative estimate of drug-likeness (QED) is 0.487. The second kappa shape index (κ2) is 2.00. The predicted molar refractivity (Wildman–Crippen MR) is 35.8 cm³/mol. The first-order valence-electron chi connectivity index (χ1n) is 3.35. The van der Waals surface area contributed by atoms with E-state index in [9.17, 15) is 0 Å². The number of rotatable bonds is 1. The molecule has 50 valence electrons. The largest absolute Gasteiger partial charge is 0.279 e. The van der Waals surface area contributed by atoms with Gasteiger partial charge in [0.25, 0.3) is 0 Å². The average Bonchev–Trinajstić information content (AvgIpc) is 2.40. The average molecular weight is 124 g/mol. The topological polar surface area (TPSA) is 26.8 Å². The summed E-state index contributed by atoms with van der Waals surface area (Å²) in [4.78, 5) is 2.19. The molecule has 1 aliphatic rings. The molecule has 1 unspecified atom stereocenters. The molecule has 0 saturated carbocycles. The van der Waals surface area contributed by atoms with Crippen LogP contribution < -0.4 is 0 Å². The maximum Gasteiger partial charge on any atom is 0.114 e. The zero-order valence-corrected chi connectivity index (χ0v) is 6.13. The molecule has 9 heavy (non-hydrogen) atoms. The lowest BCUT2D eigenvalue weighted by Gasteiger charge is -2.03. The van der Waals surface area contributed by atoms with E-state index in [4.69, 9.17) is 5.26 Å². The summed E-state index contributed by atoms with van der Waals surface area (Å²) in [7, 11) is 0. The molecule has 2 heteroatoms. The third kappa shape index (κ3) is 0.927. The van der Waals surface area contributed by atoms with Gasteiger partial charge in [0, 0.05) is 12.1 Å². The van der Waals surface area contributed by atoms with Crippen LogP contribution in [0.5, 0.6) is 0 Å². The molecule has 0 aromatic heterocycles. The lowest BCUT2D eigenvalue weighted by atomic mass is 10.4. The molecule has 0 radical (unpaired) electrons. The van der Waals surface area contributed by atoms with Crippen molar-refractivity contribution in [3.05, 3.63) is 0 Å². The number of nitrogens with zero attached hydrogens (tertiary/aromatic N) is 2. The standard InChI is InChI=1S/C7H12N2/c1-5(2)9-6(3)7(9)4-8/h5-7H,1-3H3/t6-,7+,9?/m0/s1. The SMILES string of the molecule is CC(C)N1[C@H](C#N)[C@@H]1C. The highest BCUT2D eigenvalue weighted by Crippen LogP contribution is 2.29. The molecule has 0 aliphatic carbocycles. The van der Waals surface area contributed by atoms with Crippen molar-refractivity contribution in [3.8, 4) is 6.07 Å². The van der Waals surface area contributed by atoms with E-state index in [1.54, 1.807) is 0 Å². The minimum Gasteiger partial charge on any atom is -0.279 e. The summed E-state index contributed by atoms with van der Waals surface area (Å²) in [5.41, 5.74) is 0. The molecule has 0 N–H and O–H groups in total. The zero-order chi connectivity index (χ0) is 7.02. The van der Waals surface area contributed by atoms with E-state index >= 15 is 0 Å². The normalized spacial score (nSPS) is 40.6. The summed E-state index contributed by atoms with van der Waals surface area (Å²) in [6.07, 6.45) is 0. The molecule has 0 amide bonds. The highest BCUT2D eigenvalue weighted by atomic mass is 15.4. The molecule has 2 nitrogen and oxygen atoms in total. The Hall–Kier alpha value is -0.550. The molecule has 1 saturated heterocycles. The molecular formula is C7H12N2. The fourth-order valence-electron chi connectivity index (χ4n) is 1.34. The van der Waals surface area contributed by atoms with Crippen molar-refractivity contribution in [2.75, 3.05) is 0 Å². The fourth-order valence-corrected chi connectivity index (χ4v) is 1.34. The van der Waals surface area contributed by atoms with E-state index in [1.807, 2.05) is 0 Å². The van der Waals surface area contributed by atoms with E-state index in [0.717, 1.165) is 0 Å². The highest BCUT2D eigenvalue weighted by Gasteiger charge is 2.45. The molecule has 0 spiro atoms. The summed E-state index contributed by atoms with van der Waals surface area (Å²) in [5.74, 6) is 0. The van der Waals surface area contributed by atoms with Gasteiger partial charge in [-0.2, -0.15) is 5.26 Å². The van der Waals surface area contributed by atoms with Crippen LogP contribution in [0.1, 0.15) is 20.8 Å². The Morgan fingerprint density at radius 1 is 1.56 bits per heavy atom. The first-order chi connectivity index (χ1) is 4.18. The monoisotopic (exact) mass is 124 g/mol. The van der Waals surface area contributed by atoms with Gasteiger partial charge in [0.1, 0.15) is 6.04 Å². The zero-order valence-electron chi connectivity index (χ0n) is 6.13. The summed E-state index contributed by atoms with van der Waals surface area (Å²) >= 11 is 0. The van der Waals surface area contributed by atoms with E-state index in [0.29, 0.717) is 12.1 Å². The van der Waals surface area contributed by atoms with Crippen molar-refractivity contribution in [1.82, 2.24) is 4.90 Å². The lowest BCUT2D eigenvalue weighted by Crippen LogP contribution is -2.11. The van der Waals surface area contributed by atoms with Gasteiger partial charge in [0.2, 0.25) is 0 Å². The first-order valence-corrected chi connectivity index (χ1v) is 3.35. The summed E-state index contributed by atoms with van der Waals surface area (Å²) < 4.78 is 0. The van der Waals surface area contributed by atoms with Crippen LogP contribution in [0, 0.1) is 11.3 Å². The van der Waals surface area contributed by atoms with E-state index in [1.165, 1.54) is 0 Å². The molecule has 1 heterocycles. The van der Waals surface area contributed by atoms with Crippen LogP contribution in [0.4, 0.5) is 0 Å². The highest BCUT2D eigenvalue weighted by molar-refractivity contribution is 5.13. The second-order valence-corrected chi connectivity index (χ2v) is 2.86. The number of hydrogen-bond acceptors (Lipinski definition) is 2. The molecule has 0 bridgehead atoms. The van der Waals surface area contributed by atoms with Crippen LogP contribution in [-0.2, 0) is 0 Å². The van der Waals surface area contributed by atoms with Crippen molar-refractivity contribution in [3.63, 3.8) is 0 Å². The number of nitriles is 1. The third-order valence-electron chi connectivity index (χ3n) is 1.89. The molecule has 1 fully saturated rings. The third-order valence-corrected chi connectivity index (χ3v) is 1.89. The van der Waals surface area contributed by atoms with Crippen molar-refractivity contribution in [1.29, 1.82) is 5.26 Å². The Kier molecular flexibility index (Phi) is 1.46. The second-order valence-electron chi connectivity index (χ2n) is 2.86. The molecule has 3 atom stereocenters. The fraction of sp³-hybridized carbons (Fsp3) is 0.857. The maximum absolute atomic E-state index is 8.50. The van der Waals surface area contributed by atoms with Gasteiger partial charge in [-0.15, -0.1) is 0 Å². The Labute approximate surface area is 56.1 Å². The van der Waals surface area contributed by atoms with Crippen molar-refractivity contribution >= 4 is 0 Å². The Bertz CT molecular complexity index is 145. The molecule has 1 aliphatic heterocycles. The molecule has 0 aromatic carbocycles. The molecule has 0 aromatic rings. The van der Waals surface area contributed by atoms with Gasteiger partial charge in [-0.3, -0.25) is 4.90 Å². The van der Waals surface area contributed by atoms with Gasteiger partial charge < -0.3 is 0 Å². The number of hydrogen-bond donors (Lipinski definition) is 0. The smallest absolute Gasteiger partial charge is 0.114 e. The summed E-state index contributed by atoms with van der Waals surface area (Å²) in [5, 5.41) is 8.50. The minimum atomic E-state index is 0.199. The van der Waals surface area contributed by atoms with E-state index in [-0.39, 0.29) is 6.04 Å². The van der Waals surface area contributed by atoms with Crippen molar-refractivity contribution in [2.45, 2.75) is 38.9 Å². The molecule has 1 rings (SSSR count). The molecular weight excluding hydrogens is 112 g/mol. The summed E-state index contributed by atoms with van der Waals surface area (Å²) in [6, 6.07) is 3.47. The van der Waals surface area contributed by atoms with Gasteiger partial charge in [-0.25, -0.2) is 0 Å². The van der Waals surface area contributed by atoms with Crippen LogP contribution in [-0.4, -0.2) is 23.0 Å². The van der Waals surface area contributed by atoms with Crippen LogP contribution in [0.15, 0.2) is 0 Å². The van der Waals surface area contributed by atoms with Crippen molar-refractivity contribution in [2.24, 2.45) is 0 Å². The van der Waals surface area contributed by atoms with Crippen LogP contribution >= 0.6 is 0 Å². The van der Waals surface area contributed by atoms with Gasteiger partial charge >= 0.3 is 0 Å². The summed E-state index contributed by atoms with van der Waals surface area (Å²) in [6.45, 7) is 6.33. The minimum absolute atomic E-state index is 0.199. The van der Waals surface area contributed by atoms with Gasteiger partial charge in [-0.1, -0.05) is 0 Å².